The smallest absolute Gasteiger partial charge is 0.248 e. The first kappa shape index (κ1) is 17.4. The minimum atomic E-state index is -2.49. The van der Waals surface area contributed by atoms with Gasteiger partial charge in [-0.25, -0.2) is 8.78 Å². The van der Waals surface area contributed by atoms with Crippen molar-refractivity contribution in [1.82, 2.24) is 9.78 Å². The fourth-order valence-corrected chi connectivity index (χ4v) is 3.70. The summed E-state index contributed by atoms with van der Waals surface area (Å²) in [5.74, 6) is -2.49. The van der Waals surface area contributed by atoms with Crippen molar-refractivity contribution in [3.63, 3.8) is 0 Å². The molecule has 1 aromatic rings. The summed E-state index contributed by atoms with van der Waals surface area (Å²) in [5, 5.41) is 4.79. The van der Waals surface area contributed by atoms with Gasteiger partial charge >= 0.3 is 0 Å². The third kappa shape index (κ3) is 3.36. The molecule has 2 nitrogen and oxygen atoms in total. The van der Waals surface area contributed by atoms with Crippen LogP contribution in [0.15, 0.2) is 0 Å². The standard InChI is InChI=1S/C18H30F2N2/c1-12-14(16(2,3)4)15(17(5,6)7)22(21-12)13-8-10-18(19,20)11-9-13/h13H,8-11H2,1-7H3. The molecular weight excluding hydrogens is 282 g/mol. The van der Waals surface area contributed by atoms with Gasteiger partial charge < -0.3 is 0 Å². The van der Waals surface area contributed by atoms with E-state index in [-0.39, 0.29) is 29.7 Å². The molecule has 1 aliphatic rings. The molecule has 0 unspecified atom stereocenters. The first-order valence-corrected chi connectivity index (χ1v) is 8.31. The van der Waals surface area contributed by atoms with Crippen molar-refractivity contribution in [1.29, 1.82) is 0 Å². The minimum Gasteiger partial charge on any atom is -0.265 e. The third-order valence-corrected chi connectivity index (χ3v) is 4.58. The lowest BCUT2D eigenvalue weighted by Gasteiger charge is -2.33. The van der Waals surface area contributed by atoms with E-state index in [2.05, 4.69) is 46.2 Å². The second-order valence-electron chi connectivity index (χ2n) is 8.84. The van der Waals surface area contributed by atoms with Gasteiger partial charge in [-0.3, -0.25) is 4.68 Å². The zero-order valence-corrected chi connectivity index (χ0v) is 15.1. The molecule has 1 aliphatic carbocycles. The Hall–Kier alpha value is -0.930. The molecule has 1 fully saturated rings. The molecule has 0 aliphatic heterocycles. The van der Waals surface area contributed by atoms with E-state index in [1.165, 1.54) is 11.3 Å². The summed E-state index contributed by atoms with van der Waals surface area (Å²) < 4.78 is 29.0. The number of aryl methyl sites for hydroxylation is 1. The first-order chi connectivity index (χ1) is 9.83. The molecule has 1 aromatic heterocycles. The number of nitrogens with zero attached hydrogens (tertiary/aromatic N) is 2. The molecule has 2 rings (SSSR count). The van der Waals surface area contributed by atoms with E-state index in [0.29, 0.717) is 12.8 Å². The summed E-state index contributed by atoms with van der Waals surface area (Å²) in [7, 11) is 0. The third-order valence-electron chi connectivity index (χ3n) is 4.58. The van der Waals surface area contributed by atoms with Gasteiger partial charge in [0.15, 0.2) is 0 Å². The quantitative estimate of drug-likeness (QED) is 0.666. The molecule has 0 aromatic carbocycles. The number of halogens is 2. The van der Waals surface area contributed by atoms with Crippen LogP contribution in [-0.4, -0.2) is 15.7 Å². The summed E-state index contributed by atoms with van der Waals surface area (Å²) >= 11 is 0. The minimum absolute atomic E-state index is 0.00352. The summed E-state index contributed by atoms with van der Waals surface area (Å²) in [4.78, 5) is 0. The van der Waals surface area contributed by atoms with Gasteiger partial charge in [0.25, 0.3) is 0 Å². The van der Waals surface area contributed by atoms with Crippen molar-refractivity contribution in [3.8, 4) is 0 Å². The van der Waals surface area contributed by atoms with E-state index in [1.54, 1.807) is 0 Å². The number of hydrogen-bond donors (Lipinski definition) is 0. The van der Waals surface area contributed by atoms with Crippen LogP contribution in [0.25, 0.3) is 0 Å². The maximum absolute atomic E-state index is 13.5. The lowest BCUT2D eigenvalue weighted by Crippen LogP contribution is -2.31. The SMILES string of the molecule is Cc1nn(C2CCC(F)(F)CC2)c(C(C)(C)C)c1C(C)(C)C. The highest BCUT2D eigenvalue weighted by molar-refractivity contribution is 5.37. The van der Waals surface area contributed by atoms with Crippen molar-refractivity contribution < 1.29 is 8.78 Å². The maximum Gasteiger partial charge on any atom is 0.248 e. The lowest BCUT2D eigenvalue weighted by atomic mass is 9.78. The Morgan fingerprint density at radius 3 is 1.91 bits per heavy atom. The van der Waals surface area contributed by atoms with Gasteiger partial charge in [-0.05, 0) is 25.2 Å². The molecule has 126 valence electrons. The fourth-order valence-electron chi connectivity index (χ4n) is 3.70. The molecule has 0 radical (unpaired) electrons. The monoisotopic (exact) mass is 312 g/mol. The Bertz CT molecular complexity index is 535. The molecule has 1 saturated carbocycles. The van der Waals surface area contributed by atoms with Gasteiger partial charge in [-0.15, -0.1) is 0 Å². The van der Waals surface area contributed by atoms with Gasteiger partial charge in [0.05, 0.1) is 11.7 Å². The van der Waals surface area contributed by atoms with E-state index in [4.69, 9.17) is 5.10 Å². The summed E-state index contributed by atoms with van der Waals surface area (Å²) in [6.07, 6.45) is 0.984. The summed E-state index contributed by atoms with van der Waals surface area (Å²) in [6, 6.07) is 0.101. The Kier molecular flexibility index (Phi) is 4.21. The molecule has 1 heterocycles. The van der Waals surface area contributed by atoms with Gasteiger partial charge in [0.2, 0.25) is 5.92 Å². The number of hydrogen-bond acceptors (Lipinski definition) is 1. The Morgan fingerprint density at radius 2 is 1.50 bits per heavy atom. The molecular formula is C18H30F2N2. The lowest BCUT2D eigenvalue weighted by molar-refractivity contribution is -0.0454. The molecule has 0 bridgehead atoms. The van der Waals surface area contributed by atoms with Crippen LogP contribution < -0.4 is 0 Å². The van der Waals surface area contributed by atoms with Gasteiger partial charge in [0.1, 0.15) is 0 Å². The topological polar surface area (TPSA) is 17.8 Å². The Morgan fingerprint density at radius 1 is 1.00 bits per heavy atom. The highest BCUT2D eigenvalue weighted by Gasteiger charge is 2.39. The fraction of sp³-hybridized carbons (Fsp3) is 0.833. The maximum atomic E-state index is 13.5. The van der Waals surface area contributed by atoms with Crippen molar-refractivity contribution in [3.05, 3.63) is 17.0 Å². The van der Waals surface area contributed by atoms with Crippen molar-refractivity contribution >= 4 is 0 Å². The molecule has 0 saturated heterocycles. The van der Waals surface area contributed by atoms with Crippen LogP contribution in [0.4, 0.5) is 8.78 Å². The number of aromatic nitrogens is 2. The molecule has 0 atom stereocenters. The summed E-state index contributed by atoms with van der Waals surface area (Å²) in [5.41, 5.74) is 3.48. The van der Waals surface area contributed by atoms with E-state index >= 15 is 0 Å². The van der Waals surface area contributed by atoms with Crippen LogP contribution in [0.2, 0.25) is 0 Å². The second kappa shape index (κ2) is 5.31. The Labute approximate surface area is 133 Å². The molecule has 0 spiro atoms. The van der Waals surface area contributed by atoms with Gasteiger partial charge in [0, 0.05) is 29.5 Å². The zero-order chi connectivity index (χ0) is 16.9. The highest BCUT2D eigenvalue weighted by Crippen LogP contribution is 2.43. The molecule has 4 heteroatoms. The van der Waals surface area contributed by atoms with Crippen molar-refractivity contribution in [2.24, 2.45) is 0 Å². The average Bonchev–Trinajstić information content (AvgIpc) is 2.66. The average molecular weight is 312 g/mol. The van der Waals surface area contributed by atoms with E-state index in [1.807, 2.05) is 6.92 Å². The largest absolute Gasteiger partial charge is 0.265 e. The number of rotatable bonds is 1. The zero-order valence-electron chi connectivity index (χ0n) is 15.1. The van der Waals surface area contributed by atoms with E-state index in [0.717, 1.165) is 5.69 Å². The van der Waals surface area contributed by atoms with Crippen LogP contribution in [0.5, 0.6) is 0 Å². The molecule has 22 heavy (non-hydrogen) atoms. The summed E-state index contributed by atoms with van der Waals surface area (Å²) in [6.45, 7) is 15.2. The van der Waals surface area contributed by atoms with Crippen LogP contribution in [-0.2, 0) is 10.8 Å². The van der Waals surface area contributed by atoms with Crippen LogP contribution in [0, 0.1) is 6.92 Å². The predicted molar refractivity (Wildman–Crippen MR) is 86.8 cm³/mol. The second-order valence-corrected chi connectivity index (χ2v) is 8.84. The molecule has 0 amide bonds. The van der Waals surface area contributed by atoms with Gasteiger partial charge in [-0.2, -0.15) is 5.10 Å². The van der Waals surface area contributed by atoms with E-state index < -0.39 is 5.92 Å². The van der Waals surface area contributed by atoms with Crippen LogP contribution in [0.1, 0.15) is 90.2 Å². The van der Waals surface area contributed by atoms with Crippen LogP contribution in [0.3, 0.4) is 0 Å². The molecule has 0 N–H and O–H groups in total. The van der Waals surface area contributed by atoms with Crippen molar-refractivity contribution in [2.75, 3.05) is 0 Å². The van der Waals surface area contributed by atoms with Crippen LogP contribution >= 0.6 is 0 Å². The van der Waals surface area contributed by atoms with E-state index in [9.17, 15) is 8.78 Å². The highest BCUT2D eigenvalue weighted by atomic mass is 19.3. The van der Waals surface area contributed by atoms with Gasteiger partial charge in [-0.1, -0.05) is 41.5 Å². The van der Waals surface area contributed by atoms with Crippen molar-refractivity contribution in [2.45, 2.75) is 96.9 Å². The number of alkyl halides is 2. The Balaban J connectivity index is 2.49. The predicted octanol–water partition coefficient (Wildman–Crippen LogP) is 5.54. The normalized spacial score (nSPS) is 20.4. The first-order valence-electron chi connectivity index (χ1n) is 8.31.